The van der Waals surface area contributed by atoms with Crippen LogP contribution in [0.5, 0.6) is 0 Å². The van der Waals surface area contributed by atoms with Gasteiger partial charge in [-0.15, -0.1) is 0 Å². The number of hydrogen-bond acceptors (Lipinski definition) is 4. The first-order chi connectivity index (χ1) is 11.0. The maximum atomic E-state index is 10.8. The van der Waals surface area contributed by atoms with Gasteiger partial charge in [-0.3, -0.25) is 4.98 Å². The van der Waals surface area contributed by atoms with Gasteiger partial charge in [-0.1, -0.05) is 51.7 Å². The number of aromatic nitrogens is 1. The number of nitrogens with two attached hydrogens (primary N) is 1. The van der Waals surface area contributed by atoms with Gasteiger partial charge < -0.3 is 15.9 Å². The zero-order valence-electron chi connectivity index (χ0n) is 14.5. The lowest BCUT2D eigenvalue weighted by molar-refractivity contribution is 0.0682. The minimum absolute atomic E-state index is 0.427. The molecule has 0 aliphatic heterocycles. The summed E-state index contributed by atoms with van der Waals surface area (Å²) in [6, 6.07) is 5.56. The summed E-state index contributed by atoms with van der Waals surface area (Å²) < 4.78 is 0. The van der Waals surface area contributed by atoms with Crippen LogP contribution in [0.1, 0.15) is 76.3 Å². The van der Waals surface area contributed by atoms with E-state index in [9.17, 15) is 10.2 Å². The van der Waals surface area contributed by atoms with Gasteiger partial charge in [0, 0.05) is 0 Å². The largest absolute Gasteiger partial charge is 0.387 e. The molecule has 0 saturated carbocycles. The van der Waals surface area contributed by atoms with E-state index in [4.69, 9.17) is 5.73 Å². The number of unbranched alkanes of at least 4 members (excludes halogenated alkanes) is 2. The summed E-state index contributed by atoms with van der Waals surface area (Å²) in [5, 5.41) is 20.8. The van der Waals surface area contributed by atoms with E-state index in [0.717, 1.165) is 44.2 Å². The van der Waals surface area contributed by atoms with E-state index >= 15 is 0 Å². The summed E-state index contributed by atoms with van der Waals surface area (Å²) in [5.74, 6) is 0. The molecule has 1 heterocycles. The predicted octanol–water partition coefficient (Wildman–Crippen LogP) is 3.59. The highest BCUT2D eigenvalue weighted by molar-refractivity contribution is 5.46. The SMILES string of the molecule is CCCCC(O)(/C=C/c1cccc(C(O)CCN)n1)CCCC. The normalized spacial score (nSPS) is 13.6. The van der Waals surface area contributed by atoms with E-state index < -0.39 is 11.7 Å². The van der Waals surface area contributed by atoms with Crippen molar-refractivity contribution in [3.63, 3.8) is 0 Å². The van der Waals surface area contributed by atoms with Crippen LogP contribution in [0.3, 0.4) is 0 Å². The third kappa shape index (κ3) is 7.25. The van der Waals surface area contributed by atoms with Crippen LogP contribution in [0.2, 0.25) is 0 Å². The average Bonchev–Trinajstić information content (AvgIpc) is 2.57. The fourth-order valence-electron chi connectivity index (χ4n) is 2.55. The van der Waals surface area contributed by atoms with E-state index in [1.165, 1.54) is 0 Å². The standard InChI is InChI=1S/C19H32N2O2/c1-3-5-12-19(23,13-6-4-2)14-10-16-8-7-9-17(21-16)18(22)11-15-20/h7-10,14,18,22-23H,3-6,11-13,15,20H2,1-2H3/b14-10+. The molecule has 1 rings (SSSR count). The van der Waals surface area contributed by atoms with Gasteiger partial charge >= 0.3 is 0 Å². The number of hydrogen-bond donors (Lipinski definition) is 3. The van der Waals surface area contributed by atoms with Crippen LogP contribution >= 0.6 is 0 Å². The number of aliphatic hydroxyl groups excluding tert-OH is 1. The molecule has 0 aromatic carbocycles. The highest BCUT2D eigenvalue weighted by atomic mass is 16.3. The quantitative estimate of drug-likeness (QED) is 0.582. The van der Waals surface area contributed by atoms with Gasteiger partial charge in [0.2, 0.25) is 0 Å². The van der Waals surface area contributed by atoms with Crippen molar-refractivity contribution in [3.8, 4) is 0 Å². The lowest BCUT2D eigenvalue weighted by Gasteiger charge is -2.24. The fraction of sp³-hybridized carbons (Fsp3) is 0.632. The molecule has 0 spiro atoms. The Morgan fingerprint density at radius 2 is 1.87 bits per heavy atom. The Morgan fingerprint density at radius 1 is 1.22 bits per heavy atom. The Morgan fingerprint density at radius 3 is 2.43 bits per heavy atom. The Kier molecular flexibility index (Phi) is 9.07. The molecule has 4 nitrogen and oxygen atoms in total. The van der Waals surface area contributed by atoms with E-state index in [2.05, 4.69) is 18.8 Å². The Labute approximate surface area is 140 Å². The van der Waals surface area contributed by atoms with Gasteiger partial charge in [0.1, 0.15) is 0 Å². The van der Waals surface area contributed by atoms with Crippen LogP contribution in [0.4, 0.5) is 0 Å². The first-order valence-corrected chi connectivity index (χ1v) is 8.81. The molecule has 1 atom stereocenters. The predicted molar refractivity (Wildman–Crippen MR) is 95.9 cm³/mol. The van der Waals surface area contributed by atoms with Gasteiger partial charge in [0.25, 0.3) is 0 Å². The first kappa shape index (κ1) is 19.8. The second-order valence-electron chi connectivity index (χ2n) is 6.22. The lowest BCUT2D eigenvalue weighted by Crippen LogP contribution is -2.25. The van der Waals surface area contributed by atoms with Gasteiger partial charge in [0.15, 0.2) is 0 Å². The van der Waals surface area contributed by atoms with E-state index in [-0.39, 0.29) is 0 Å². The molecule has 4 heteroatoms. The molecular weight excluding hydrogens is 288 g/mol. The minimum atomic E-state index is -0.764. The zero-order valence-corrected chi connectivity index (χ0v) is 14.5. The second-order valence-corrected chi connectivity index (χ2v) is 6.22. The first-order valence-electron chi connectivity index (χ1n) is 8.81. The van der Waals surface area contributed by atoms with Crippen molar-refractivity contribution in [2.45, 2.75) is 70.5 Å². The maximum Gasteiger partial charge on any atom is 0.0972 e. The smallest absolute Gasteiger partial charge is 0.0972 e. The number of pyridine rings is 1. The Hall–Kier alpha value is -1.23. The molecule has 1 aromatic rings. The third-order valence-electron chi connectivity index (χ3n) is 4.06. The van der Waals surface area contributed by atoms with E-state index in [1.807, 2.05) is 24.3 Å². The Bertz CT molecular complexity index is 466. The van der Waals surface area contributed by atoms with Gasteiger partial charge in [0.05, 0.1) is 23.1 Å². The number of aliphatic hydroxyl groups is 2. The minimum Gasteiger partial charge on any atom is -0.387 e. The molecule has 4 N–H and O–H groups in total. The van der Waals surface area contributed by atoms with Crippen LogP contribution in [-0.4, -0.2) is 27.3 Å². The Balaban J connectivity index is 2.84. The van der Waals surface area contributed by atoms with Crippen molar-refractivity contribution in [3.05, 3.63) is 35.7 Å². The van der Waals surface area contributed by atoms with Gasteiger partial charge in [-0.2, -0.15) is 0 Å². The molecule has 1 aromatic heterocycles. The maximum absolute atomic E-state index is 10.8. The summed E-state index contributed by atoms with van der Waals surface area (Å²) in [4.78, 5) is 4.45. The van der Waals surface area contributed by atoms with E-state index in [1.54, 1.807) is 6.07 Å². The third-order valence-corrected chi connectivity index (χ3v) is 4.06. The molecule has 1 unspecified atom stereocenters. The molecular formula is C19H32N2O2. The van der Waals surface area contributed by atoms with Crippen molar-refractivity contribution in [2.75, 3.05) is 6.54 Å². The van der Waals surface area contributed by atoms with Crippen LogP contribution < -0.4 is 5.73 Å². The summed E-state index contributed by atoms with van der Waals surface area (Å²) in [7, 11) is 0. The average molecular weight is 320 g/mol. The molecule has 0 aliphatic carbocycles. The van der Waals surface area contributed by atoms with Crippen molar-refractivity contribution in [1.29, 1.82) is 0 Å². The summed E-state index contributed by atoms with van der Waals surface area (Å²) in [6.45, 7) is 4.69. The number of rotatable bonds is 11. The monoisotopic (exact) mass is 320 g/mol. The van der Waals surface area contributed by atoms with Crippen molar-refractivity contribution in [1.82, 2.24) is 4.98 Å². The molecule has 0 bridgehead atoms. The van der Waals surface area contributed by atoms with Crippen LogP contribution in [0.25, 0.3) is 6.08 Å². The van der Waals surface area contributed by atoms with Crippen LogP contribution in [0.15, 0.2) is 24.3 Å². The molecule has 0 radical (unpaired) electrons. The number of nitrogens with zero attached hydrogens (tertiary/aromatic N) is 1. The molecule has 130 valence electrons. The molecule has 0 amide bonds. The zero-order chi connectivity index (χ0) is 17.1. The van der Waals surface area contributed by atoms with Crippen LogP contribution in [-0.2, 0) is 0 Å². The van der Waals surface area contributed by atoms with E-state index in [0.29, 0.717) is 18.7 Å². The molecule has 23 heavy (non-hydrogen) atoms. The second kappa shape index (κ2) is 10.5. The van der Waals surface area contributed by atoms with Crippen molar-refractivity contribution >= 4 is 6.08 Å². The summed E-state index contributed by atoms with van der Waals surface area (Å²) >= 11 is 0. The molecule has 0 aliphatic rings. The topological polar surface area (TPSA) is 79.4 Å². The molecule has 0 saturated heterocycles. The summed E-state index contributed by atoms with van der Waals surface area (Å²) in [6.07, 6.45) is 9.31. The summed E-state index contributed by atoms with van der Waals surface area (Å²) in [5.41, 5.74) is 6.10. The van der Waals surface area contributed by atoms with Gasteiger partial charge in [-0.05, 0) is 44.0 Å². The highest BCUT2D eigenvalue weighted by Crippen LogP contribution is 2.24. The van der Waals surface area contributed by atoms with Crippen molar-refractivity contribution in [2.24, 2.45) is 5.73 Å². The molecule has 0 fully saturated rings. The van der Waals surface area contributed by atoms with Crippen LogP contribution in [0, 0.1) is 0 Å². The van der Waals surface area contributed by atoms with Gasteiger partial charge in [-0.25, -0.2) is 0 Å². The van der Waals surface area contributed by atoms with Crippen molar-refractivity contribution < 1.29 is 10.2 Å². The lowest BCUT2D eigenvalue weighted by atomic mass is 9.90. The fourth-order valence-corrected chi connectivity index (χ4v) is 2.55. The highest BCUT2D eigenvalue weighted by Gasteiger charge is 2.21.